The summed E-state index contributed by atoms with van der Waals surface area (Å²) in [5.41, 5.74) is 1.13. The van der Waals surface area contributed by atoms with Crippen molar-refractivity contribution in [3.8, 4) is 0 Å². The standard InChI is InChI=1S/C11H14O5/c1-15-10(13)8-5-16-11(14)9-6(4-12)2-3-7(8)9/h2,5,7,9,11-12,14H,3-4H2,1H3/t7-,9?,11-/m1/s1. The Kier molecular flexibility index (Phi) is 2.98. The second-order valence-electron chi connectivity index (χ2n) is 3.90. The number of methoxy groups -OCH3 is 1. The van der Waals surface area contributed by atoms with Gasteiger partial charge < -0.3 is 19.7 Å². The number of allylic oxidation sites excluding steroid dienone is 1. The first-order valence-corrected chi connectivity index (χ1v) is 5.10. The van der Waals surface area contributed by atoms with Crippen LogP contribution in [0.2, 0.25) is 0 Å². The molecule has 3 atom stereocenters. The summed E-state index contributed by atoms with van der Waals surface area (Å²) in [6.45, 7) is -0.129. The number of esters is 1. The van der Waals surface area contributed by atoms with Crippen molar-refractivity contribution in [1.82, 2.24) is 0 Å². The van der Waals surface area contributed by atoms with E-state index in [2.05, 4.69) is 4.74 Å². The third-order valence-electron chi connectivity index (χ3n) is 3.14. The summed E-state index contributed by atoms with van der Waals surface area (Å²) in [5, 5.41) is 18.8. The third-order valence-corrected chi connectivity index (χ3v) is 3.14. The molecular formula is C11H14O5. The molecule has 0 aromatic heterocycles. The molecule has 0 bridgehead atoms. The molecule has 1 aliphatic heterocycles. The van der Waals surface area contributed by atoms with Gasteiger partial charge in [0.05, 0.1) is 31.5 Å². The van der Waals surface area contributed by atoms with E-state index in [1.165, 1.54) is 13.4 Å². The monoisotopic (exact) mass is 226 g/mol. The van der Waals surface area contributed by atoms with Crippen molar-refractivity contribution in [1.29, 1.82) is 0 Å². The van der Waals surface area contributed by atoms with Crippen molar-refractivity contribution >= 4 is 5.97 Å². The van der Waals surface area contributed by atoms with Crippen LogP contribution in [0.15, 0.2) is 23.5 Å². The fourth-order valence-corrected chi connectivity index (χ4v) is 2.32. The summed E-state index contributed by atoms with van der Waals surface area (Å²) in [7, 11) is 1.30. The van der Waals surface area contributed by atoms with Crippen LogP contribution in [0.4, 0.5) is 0 Å². The van der Waals surface area contributed by atoms with Crippen molar-refractivity contribution in [2.45, 2.75) is 12.7 Å². The summed E-state index contributed by atoms with van der Waals surface area (Å²) in [6.07, 6.45) is 2.71. The van der Waals surface area contributed by atoms with Crippen LogP contribution in [-0.2, 0) is 14.3 Å². The second-order valence-corrected chi connectivity index (χ2v) is 3.90. The molecule has 0 amide bonds. The largest absolute Gasteiger partial charge is 0.472 e. The summed E-state index contributed by atoms with van der Waals surface area (Å²) in [4.78, 5) is 11.5. The van der Waals surface area contributed by atoms with Gasteiger partial charge in [-0.15, -0.1) is 0 Å². The maximum atomic E-state index is 11.5. The van der Waals surface area contributed by atoms with Crippen LogP contribution in [0.3, 0.4) is 0 Å². The van der Waals surface area contributed by atoms with Gasteiger partial charge in [0.15, 0.2) is 0 Å². The quantitative estimate of drug-likeness (QED) is 0.510. The van der Waals surface area contributed by atoms with Crippen molar-refractivity contribution in [2.24, 2.45) is 11.8 Å². The highest BCUT2D eigenvalue weighted by molar-refractivity contribution is 5.89. The van der Waals surface area contributed by atoms with Gasteiger partial charge in [0, 0.05) is 5.92 Å². The SMILES string of the molecule is COC(=O)C1=CO[C@@H](O)C2C(CO)=CC[C@H]12. The van der Waals surface area contributed by atoms with E-state index in [0.717, 1.165) is 0 Å². The number of rotatable bonds is 2. The Bertz CT molecular complexity index is 357. The minimum Gasteiger partial charge on any atom is -0.472 e. The number of fused-ring (bicyclic) bond motifs is 1. The Morgan fingerprint density at radius 3 is 3.06 bits per heavy atom. The minimum absolute atomic E-state index is 0.129. The number of carbonyl (C=O) groups excluding carboxylic acids is 1. The van der Waals surface area contributed by atoms with Gasteiger partial charge in [0.1, 0.15) is 0 Å². The van der Waals surface area contributed by atoms with Crippen LogP contribution < -0.4 is 0 Å². The van der Waals surface area contributed by atoms with Gasteiger partial charge in [0.25, 0.3) is 0 Å². The summed E-state index contributed by atoms with van der Waals surface area (Å²) < 4.78 is 9.65. The van der Waals surface area contributed by atoms with Gasteiger partial charge in [-0.2, -0.15) is 0 Å². The Hall–Kier alpha value is -1.33. The first-order chi connectivity index (χ1) is 7.69. The fraction of sp³-hybridized carbons (Fsp3) is 0.545. The van der Waals surface area contributed by atoms with Crippen LogP contribution >= 0.6 is 0 Å². The molecule has 16 heavy (non-hydrogen) atoms. The van der Waals surface area contributed by atoms with Gasteiger partial charge in [0.2, 0.25) is 6.29 Å². The van der Waals surface area contributed by atoms with Crippen molar-refractivity contribution in [3.05, 3.63) is 23.5 Å². The first-order valence-electron chi connectivity index (χ1n) is 5.10. The molecular weight excluding hydrogens is 212 g/mol. The lowest BCUT2D eigenvalue weighted by Gasteiger charge is -2.31. The van der Waals surface area contributed by atoms with Gasteiger partial charge in [-0.3, -0.25) is 0 Å². The van der Waals surface area contributed by atoms with Crippen LogP contribution in [0.1, 0.15) is 6.42 Å². The molecule has 0 saturated heterocycles. The smallest absolute Gasteiger partial charge is 0.337 e. The second kappa shape index (κ2) is 4.27. The average Bonchev–Trinajstić information content (AvgIpc) is 2.73. The van der Waals surface area contributed by atoms with E-state index in [1.54, 1.807) is 0 Å². The van der Waals surface area contributed by atoms with E-state index < -0.39 is 12.3 Å². The third kappa shape index (κ3) is 1.62. The lowest BCUT2D eigenvalue weighted by molar-refractivity contribution is -0.141. The Balaban J connectivity index is 2.26. The lowest BCUT2D eigenvalue weighted by Crippen LogP contribution is -2.35. The van der Waals surface area contributed by atoms with Crippen molar-refractivity contribution in [2.75, 3.05) is 13.7 Å². The molecule has 5 nitrogen and oxygen atoms in total. The number of hydrogen-bond donors (Lipinski definition) is 2. The Morgan fingerprint density at radius 1 is 1.69 bits per heavy atom. The zero-order chi connectivity index (χ0) is 11.7. The molecule has 0 aromatic rings. The van der Waals surface area contributed by atoms with E-state index in [0.29, 0.717) is 17.6 Å². The normalized spacial score (nSPS) is 32.3. The molecule has 2 rings (SSSR count). The van der Waals surface area contributed by atoms with Crippen molar-refractivity contribution < 1.29 is 24.5 Å². The molecule has 1 heterocycles. The minimum atomic E-state index is -1.00. The van der Waals surface area contributed by atoms with Crippen LogP contribution in [0.5, 0.6) is 0 Å². The van der Waals surface area contributed by atoms with E-state index in [-0.39, 0.29) is 18.4 Å². The van der Waals surface area contributed by atoms with E-state index >= 15 is 0 Å². The number of hydrogen-bond acceptors (Lipinski definition) is 5. The average molecular weight is 226 g/mol. The van der Waals surface area contributed by atoms with Gasteiger partial charge in [-0.05, 0) is 12.0 Å². The first kappa shape index (κ1) is 11.2. The molecule has 0 saturated carbocycles. The Morgan fingerprint density at radius 2 is 2.44 bits per heavy atom. The van der Waals surface area contributed by atoms with Gasteiger partial charge in [-0.1, -0.05) is 6.08 Å². The fourth-order valence-electron chi connectivity index (χ4n) is 2.32. The maximum absolute atomic E-state index is 11.5. The lowest BCUT2D eigenvalue weighted by atomic mass is 9.83. The van der Waals surface area contributed by atoms with E-state index in [9.17, 15) is 9.90 Å². The highest BCUT2D eigenvalue weighted by atomic mass is 16.6. The predicted molar refractivity (Wildman–Crippen MR) is 54.0 cm³/mol. The molecule has 1 aliphatic carbocycles. The van der Waals surface area contributed by atoms with Gasteiger partial charge >= 0.3 is 5.97 Å². The van der Waals surface area contributed by atoms with Crippen LogP contribution in [0.25, 0.3) is 0 Å². The number of carbonyl (C=O) groups is 1. The number of aliphatic hydroxyl groups is 2. The number of aliphatic hydroxyl groups excluding tert-OH is 2. The zero-order valence-electron chi connectivity index (χ0n) is 8.92. The van der Waals surface area contributed by atoms with E-state index in [1.807, 2.05) is 6.08 Å². The van der Waals surface area contributed by atoms with Crippen LogP contribution in [-0.4, -0.2) is 36.2 Å². The topological polar surface area (TPSA) is 76.0 Å². The molecule has 2 N–H and O–H groups in total. The highest BCUT2D eigenvalue weighted by Gasteiger charge is 2.43. The molecule has 0 radical (unpaired) electrons. The molecule has 88 valence electrons. The molecule has 1 unspecified atom stereocenters. The summed E-state index contributed by atoms with van der Waals surface area (Å²) in [5.74, 6) is -0.947. The van der Waals surface area contributed by atoms with Gasteiger partial charge in [-0.25, -0.2) is 4.79 Å². The molecule has 0 aromatic carbocycles. The van der Waals surface area contributed by atoms with Crippen LogP contribution in [0, 0.1) is 11.8 Å². The van der Waals surface area contributed by atoms with Crippen molar-refractivity contribution in [3.63, 3.8) is 0 Å². The Labute approximate surface area is 93.0 Å². The highest BCUT2D eigenvalue weighted by Crippen LogP contribution is 2.42. The number of ether oxygens (including phenoxy) is 2. The summed E-state index contributed by atoms with van der Waals surface area (Å²) in [6, 6.07) is 0. The molecule has 0 fully saturated rings. The zero-order valence-corrected chi connectivity index (χ0v) is 8.92. The molecule has 5 heteroatoms. The molecule has 0 spiro atoms. The molecule has 2 aliphatic rings. The van der Waals surface area contributed by atoms with E-state index in [4.69, 9.17) is 9.84 Å². The summed E-state index contributed by atoms with van der Waals surface area (Å²) >= 11 is 0. The maximum Gasteiger partial charge on any atom is 0.337 e. The predicted octanol–water partition coefficient (Wildman–Crippen LogP) is -0.0533.